The number of benzene rings is 2. The quantitative estimate of drug-likeness (QED) is 0.770. The summed E-state index contributed by atoms with van der Waals surface area (Å²) in [6.07, 6.45) is -0.134. The highest BCUT2D eigenvalue weighted by molar-refractivity contribution is 6.30. The summed E-state index contributed by atoms with van der Waals surface area (Å²) < 4.78 is 5.57. The van der Waals surface area contributed by atoms with Crippen molar-refractivity contribution in [1.82, 2.24) is 5.32 Å². The van der Waals surface area contributed by atoms with Gasteiger partial charge in [-0.1, -0.05) is 35.9 Å². The number of ether oxygens (including phenoxy) is 1. The first-order chi connectivity index (χ1) is 12.3. The molecule has 1 atom stereocenters. The summed E-state index contributed by atoms with van der Waals surface area (Å²) in [5, 5.41) is 14.4. The van der Waals surface area contributed by atoms with E-state index in [-0.39, 0.29) is 24.9 Å². The van der Waals surface area contributed by atoms with Crippen LogP contribution in [0.15, 0.2) is 48.5 Å². The van der Waals surface area contributed by atoms with Crippen molar-refractivity contribution in [1.29, 1.82) is 0 Å². The van der Waals surface area contributed by atoms with Crippen molar-refractivity contribution in [3.8, 4) is 5.75 Å². The lowest BCUT2D eigenvalue weighted by Crippen LogP contribution is -2.35. The molecule has 0 heterocycles. The topological polar surface area (TPSA) is 78.5 Å². The van der Waals surface area contributed by atoms with Gasteiger partial charge in [0.15, 0.2) is 0 Å². The van der Waals surface area contributed by atoms with Gasteiger partial charge in [0.25, 0.3) is 0 Å². The van der Waals surface area contributed by atoms with Crippen molar-refractivity contribution >= 4 is 23.5 Å². The first-order valence-corrected chi connectivity index (χ1v) is 8.71. The fourth-order valence-corrected chi connectivity index (χ4v) is 2.63. The minimum atomic E-state index is -1.23. The molecule has 1 N–H and O–H groups in total. The predicted molar refractivity (Wildman–Crippen MR) is 97.9 cm³/mol. The number of halogens is 1. The Balaban J connectivity index is 2.07. The van der Waals surface area contributed by atoms with Gasteiger partial charge in [0, 0.05) is 17.4 Å². The van der Waals surface area contributed by atoms with Gasteiger partial charge in [-0.2, -0.15) is 0 Å². The maximum atomic E-state index is 12.3. The zero-order valence-electron chi connectivity index (χ0n) is 14.7. The van der Waals surface area contributed by atoms with Gasteiger partial charge in [0.2, 0.25) is 5.91 Å². The fourth-order valence-electron chi connectivity index (χ4n) is 2.50. The van der Waals surface area contributed by atoms with Crippen molar-refractivity contribution in [3.05, 3.63) is 64.7 Å². The Labute approximate surface area is 157 Å². The van der Waals surface area contributed by atoms with E-state index in [0.29, 0.717) is 16.3 Å². The number of rotatable bonds is 8. The summed E-state index contributed by atoms with van der Waals surface area (Å²) in [6.45, 7) is 3.84. The number of carbonyl (C=O) groups excluding carboxylic acids is 2. The molecule has 0 unspecified atom stereocenters. The fraction of sp³-hybridized carbons (Fsp3) is 0.300. The second-order valence-corrected chi connectivity index (χ2v) is 6.67. The molecule has 0 aliphatic rings. The summed E-state index contributed by atoms with van der Waals surface area (Å²) in [4.78, 5) is 23.4. The summed E-state index contributed by atoms with van der Waals surface area (Å²) in [5.41, 5.74) is 1.47. The van der Waals surface area contributed by atoms with Crippen LogP contribution in [0.2, 0.25) is 5.02 Å². The second-order valence-electron chi connectivity index (χ2n) is 6.24. The molecule has 2 rings (SSSR count). The second kappa shape index (κ2) is 9.25. The van der Waals surface area contributed by atoms with E-state index in [0.717, 1.165) is 5.56 Å². The van der Waals surface area contributed by atoms with E-state index in [1.807, 2.05) is 13.8 Å². The zero-order chi connectivity index (χ0) is 19.1. The Morgan fingerprint density at radius 1 is 1.08 bits per heavy atom. The summed E-state index contributed by atoms with van der Waals surface area (Å²) in [5.74, 6) is -0.825. The average molecular weight is 375 g/mol. The van der Waals surface area contributed by atoms with Crippen LogP contribution in [-0.2, 0) is 16.0 Å². The van der Waals surface area contributed by atoms with Gasteiger partial charge in [0.1, 0.15) is 5.75 Å². The van der Waals surface area contributed by atoms with Crippen LogP contribution in [-0.4, -0.2) is 18.0 Å². The molecule has 138 valence electrons. The standard InChI is InChI=1S/C20H22ClNO4/c1-13(2)26-17-9-5-15(6-10-17)18(12-20(24)25)22-19(23)11-14-3-7-16(21)8-4-14/h3-10,13,18H,11-12H2,1-2H3,(H,22,23)(H,24,25)/p-1/t18-/m0/s1. The molecule has 26 heavy (non-hydrogen) atoms. The largest absolute Gasteiger partial charge is 0.550 e. The van der Waals surface area contributed by atoms with Crippen LogP contribution in [0.25, 0.3) is 0 Å². The highest BCUT2D eigenvalue weighted by Gasteiger charge is 2.16. The first-order valence-electron chi connectivity index (χ1n) is 8.33. The van der Waals surface area contributed by atoms with Crippen molar-refractivity contribution in [2.75, 3.05) is 0 Å². The Kier molecular flexibility index (Phi) is 7.04. The minimum Gasteiger partial charge on any atom is -0.550 e. The molecule has 0 aliphatic heterocycles. The maximum absolute atomic E-state index is 12.3. The molecular weight excluding hydrogens is 354 g/mol. The molecule has 5 nitrogen and oxygen atoms in total. The molecule has 6 heteroatoms. The van der Waals surface area contributed by atoms with Gasteiger partial charge in [0.05, 0.1) is 18.6 Å². The molecule has 0 aromatic heterocycles. The highest BCUT2D eigenvalue weighted by Crippen LogP contribution is 2.21. The molecule has 0 radical (unpaired) electrons. The zero-order valence-corrected chi connectivity index (χ0v) is 15.5. The lowest BCUT2D eigenvalue weighted by Gasteiger charge is -2.20. The van der Waals surface area contributed by atoms with Crippen molar-refractivity contribution in [2.45, 2.75) is 38.8 Å². The van der Waals surface area contributed by atoms with Gasteiger partial charge in [-0.25, -0.2) is 0 Å². The lowest BCUT2D eigenvalue weighted by molar-refractivity contribution is -0.306. The van der Waals surface area contributed by atoms with Crippen LogP contribution in [0.1, 0.15) is 37.4 Å². The highest BCUT2D eigenvalue weighted by atomic mass is 35.5. The van der Waals surface area contributed by atoms with Gasteiger partial charge in [-0.15, -0.1) is 0 Å². The van der Waals surface area contributed by atoms with Gasteiger partial charge in [-0.3, -0.25) is 4.79 Å². The molecule has 0 aliphatic carbocycles. The summed E-state index contributed by atoms with van der Waals surface area (Å²) in [7, 11) is 0. The number of hydrogen-bond donors (Lipinski definition) is 1. The normalized spacial score (nSPS) is 11.8. The summed E-state index contributed by atoms with van der Waals surface area (Å²) in [6, 6.07) is 13.2. The number of hydrogen-bond acceptors (Lipinski definition) is 4. The number of aliphatic carboxylic acids is 1. The lowest BCUT2D eigenvalue weighted by atomic mass is 10.0. The minimum absolute atomic E-state index is 0.0407. The molecule has 0 saturated heterocycles. The summed E-state index contributed by atoms with van der Waals surface area (Å²) >= 11 is 5.83. The molecule has 2 aromatic rings. The van der Waals surface area contributed by atoms with Gasteiger partial charge in [-0.05, 0) is 49.2 Å². The third-order valence-corrected chi connectivity index (χ3v) is 3.89. The van der Waals surface area contributed by atoms with Gasteiger partial charge < -0.3 is 20.0 Å². The third-order valence-electron chi connectivity index (χ3n) is 3.64. The SMILES string of the molecule is CC(C)Oc1ccc([C@H](CC(=O)[O-])NC(=O)Cc2ccc(Cl)cc2)cc1. The molecule has 2 aromatic carbocycles. The van der Waals surface area contributed by atoms with Gasteiger partial charge >= 0.3 is 0 Å². The van der Waals surface area contributed by atoms with Crippen molar-refractivity contribution in [2.24, 2.45) is 0 Å². The van der Waals surface area contributed by atoms with E-state index in [2.05, 4.69) is 5.32 Å². The van der Waals surface area contributed by atoms with Crippen LogP contribution in [0, 0.1) is 0 Å². The van der Waals surface area contributed by atoms with Crippen LogP contribution >= 0.6 is 11.6 Å². The Hall–Kier alpha value is -2.53. The number of carboxylic acids is 1. The van der Waals surface area contributed by atoms with Crippen LogP contribution in [0.5, 0.6) is 5.75 Å². The van der Waals surface area contributed by atoms with E-state index in [4.69, 9.17) is 16.3 Å². The first kappa shape index (κ1) is 19.8. The van der Waals surface area contributed by atoms with E-state index in [1.165, 1.54) is 0 Å². The number of carboxylic acid groups (broad SMARTS) is 1. The molecule has 0 spiro atoms. The Morgan fingerprint density at radius 3 is 2.23 bits per heavy atom. The monoisotopic (exact) mass is 374 g/mol. The Bertz CT molecular complexity index is 741. The van der Waals surface area contributed by atoms with Crippen LogP contribution in [0.3, 0.4) is 0 Å². The maximum Gasteiger partial charge on any atom is 0.224 e. The predicted octanol–water partition coefficient (Wildman–Crippen LogP) is 2.67. The van der Waals surface area contributed by atoms with Crippen LogP contribution in [0.4, 0.5) is 0 Å². The van der Waals surface area contributed by atoms with Crippen molar-refractivity contribution in [3.63, 3.8) is 0 Å². The van der Waals surface area contributed by atoms with Crippen LogP contribution < -0.4 is 15.2 Å². The van der Waals surface area contributed by atoms with Crippen molar-refractivity contribution < 1.29 is 19.4 Å². The average Bonchev–Trinajstić information content (AvgIpc) is 2.56. The molecular formula is C20H21ClNO4-. The Morgan fingerprint density at radius 2 is 1.69 bits per heavy atom. The molecule has 0 saturated carbocycles. The number of carbonyl (C=O) groups is 2. The third kappa shape index (κ3) is 6.41. The smallest absolute Gasteiger partial charge is 0.224 e. The van der Waals surface area contributed by atoms with E-state index < -0.39 is 12.0 Å². The van der Waals surface area contributed by atoms with E-state index >= 15 is 0 Å². The molecule has 1 amide bonds. The molecule has 0 bridgehead atoms. The molecule has 0 fully saturated rings. The number of nitrogens with one attached hydrogen (secondary N) is 1. The van der Waals surface area contributed by atoms with E-state index in [9.17, 15) is 14.7 Å². The van der Waals surface area contributed by atoms with E-state index in [1.54, 1.807) is 48.5 Å². The number of amides is 1.